The van der Waals surface area contributed by atoms with Gasteiger partial charge in [-0.2, -0.15) is 10.1 Å². The lowest BCUT2D eigenvalue weighted by molar-refractivity contribution is 0.366. The topological polar surface area (TPSA) is 56.7 Å². The lowest BCUT2D eigenvalue weighted by Gasteiger charge is -1.94. The number of hydrogen-bond acceptors (Lipinski definition) is 4. The van der Waals surface area contributed by atoms with Gasteiger partial charge in [0, 0.05) is 16.8 Å². The highest BCUT2D eigenvalue weighted by molar-refractivity contribution is 14.1. The maximum Gasteiger partial charge on any atom is 0.248 e. The molecule has 0 aliphatic carbocycles. The van der Waals surface area contributed by atoms with Crippen molar-refractivity contribution >= 4 is 34.2 Å². The molecule has 3 aromatic rings. The molecule has 0 spiro atoms. The van der Waals surface area contributed by atoms with E-state index in [1.807, 2.05) is 18.3 Å². The van der Waals surface area contributed by atoms with Crippen molar-refractivity contribution in [3.05, 3.63) is 51.1 Å². The molecule has 0 bridgehead atoms. The van der Waals surface area contributed by atoms with Gasteiger partial charge in [0.25, 0.3) is 0 Å². The second kappa shape index (κ2) is 5.30. The van der Waals surface area contributed by atoms with Crippen molar-refractivity contribution in [2.45, 2.75) is 6.54 Å². The van der Waals surface area contributed by atoms with Crippen LogP contribution in [0, 0.1) is 3.57 Å². The van der Waals surface area contributed by atoms with Crippen molar-refractivity contribution in [2.75, 3.05) is 0 Å². The zero-order valence-corrected chi connectivity index (χ0v) is 12.5. The molecule has 0 N–H and O–H groups in total. The van der Waals surface area contributed by atoms with E-state index in [-0.39, 0.29) is 0 Å². The Bertz CT molecular complexity index is 692. The number of nitrogens with zero attached hydrogens (tertiary/aromatic N) is 4. The fraction of sp³-hybridized carbons (Fsp3) is 0.0833. The van der Waals surface area contributed by atoms with E-state index < -0.39 is 0 Å². The number of hydrogen-bond donors (Lipinski definition) is 0. The van der Waals surface area contributed by atoms with E-state index in [9.17, 15) is 0 Å². The van der Waals surface area contributed by atoms with Crippen LogP contribution in [0.15, 0.2) is 41.2 Å². The molecule has 19 heavy (non-hydrogen) atoms. The summed E-state index contributed by atoms with van der Waals surface area (Å²) < 4.78 is 8.02. The summed E-state index contributed by atoms with van der Waals surface area (Å²) in [7, 11) is 0. The third-order valence-electron chi connectivity index (χ3n) is 2.47. The minimum absolute atomic E-state index is 0.462. The first-order chi connectivity index (χ1) is 9.20. The smallest absolute Gasteiger partial charge is 0.248 e. The van der Waals surface area contributed by atoms with E-state index in [1.54, 1.807) is 23.0 Å². The Morgan fingerprint density at radius 1 is 1.26 bits per heavy atom. The summed E-state index contributed by atoms with van der Waals surface area (Å²) in [6.45, 7) is 0.462. The van der Waals surface area contributed by atoms with E-state index in [0.29, 0.717) is 23.3 Å². The normalized spacial score (nSPS) is 10.8. The Hall–Kier alpha value is -1.41. The largest absolute Gasteiger partial charge is 0.337 e. The SMILES string of the molecule is Clc1ccc(-c2noc(Cn3cc(I)cn3)n2)cc1. The fourth-order valence-corrected chi connectivity index (χ4v) is 2.17. The van der Waals surface area contributed by atoms with Crippen LogP contribution in [0.5, 0.6) is 0 Å². The standard InChI is InChI=1S/C12H8ClIN4O/c13-9-3-1-8(2-4-9)12-16-11(19-17-12)7-18-6-10(14)5-15-18/h1-6H,7H2. The molecule has 0 unspecified atom stereocenters. The Morgan fingerprint density at radius 3 is 2.74 bits per heavy atom. The molecule has 0 saturated carbocycles. The van der Waals surface area contributed by atoms with E-state index in [4.69, 9.17) is 16.1 Å². The van der Waals surface area contributed by atoms with Gasteiger partial charge in [0.2, 0.25) is 11.7 Å². The second-order valence-electron chi connectivity index (χ2n) is 3.87. The summed E-state index contributed by atoms with van der Waals surface area (Å²) in [5.74, 6) is 1.07. The number of halogens is 2. The Balaban J connectivity index is 1.81. The molecule has 0 aliphatic heterocycles. The van der Waals surface area contributed by atoms with Crippen LogP contribution >= 0.6 is 34.2 Å². The van der Waals surface area contributed by atoms with Gasteiger partial charge in [0.05, 0.1) is 9.77 Å². The molecular formula is C12H8ClIN4O. The molecule has 3 rings (SSSR count). The van der Waals surface area contributed by atoms with Gasteiger partial charge in [-0.25, -0.2) is 0 Å². The number of rotatable bonds is 3. The van der Waals surface area contributed by atoms with Crippen molar-refractivity contribution in [3.63, 3.8) is 0 Å². The lowest BCUT2D eigenvalue weighted by atomic mass is 10.2. The van der Waals surface area contributed by atoms with Crippen LogP contribution in [0.2, 0.25) is 5.02 Å². The third kappa shape index (κ3) is 2.95. The van der Waals surface area contributed by atoms with Crippen LogP contribution in [-0.4, -0.2) is 19.9 Å². The molecule has 2 heterocycles. The van der Waals surface area contributed by atoms with Crippen molar-refractivity contribution in [3.8, 4) is 11.4 Å². The second-order valence-corrected chi connectivity index (χ2v) is 5.56. The van der Waals surface area contributed by atoms with Crippen molar-refractivity contribution in [2.24, 2.45) is 0 Å². The van der Waals surface area contributed by atoms with Gasteiger partial charge in [-0.1, -0.05) is 16.8 Å². The van der Waals surface area contributed by atoms with Crippen LogP contribution in [0.1, 0.15) is 5.89 Å². The quantitative estimate of drug-likeness (QED) is 0.649. The minimum atomic E-state index is 0.462. The van der Waals surface area contributed by atoms with Gasteiger partial charge in [0.1, 0.15) is 6.54 Å². The first-order valence-corrected chi connectivity index (χ1v) is 6.93. The average Bonchev–Trinajstić information content (AvgIpc) is 3.00. The molecule has 0 radical (unpaired) electrons. The monoisotopic (exact) mass is 386 g/mol. The van der Waals surface area contributed by atoms with Crippen LogP contribution < -0.4 is 0 Å². The van der Waals surface area contributed by atoms with Gasteiger partial charge in [0.15, 0.2) is 0 Å². The Kier molecular flexibility index (Phi) is 3.52. The van der Waals surface area contributed by atoms with E-state index >= 15 is 0 Å². The lowest BCUT2D eigenvalue weighted by Crippen LogP contribution is -1.99. The first-order valence-electron chi connectivity index (χ1n) is 5.47. The van der Waals surface area contributed by atoms with Gasteiger partial charge >= 0.3 is 0 Å². The summed E-state index contributed by atoms with van der Waals surface area (Å²) in [4.78, 5) is 4.33. The summed E-state index contributed by atoms with van der Waals surface area (Å²) in [5, 5.41) is 8.79. The molecule has 5 nitrogen and oxygen atoms in total. The minimum Gasteiger partial charge on any atom is -0.337 e. The molecule has 0 amide bonds. The highest BCUT2D eigenvalue weighted by Gasteiger charge is 2.09. The summed E-state index contributed by atoms with van der Waals surface area (Å²) in [6.07, 6.45) is 3.68. The zero-order chi connectivity index (χ0) is 13.2. The Labute approximate surface area is 127 Å². The van der Waals surface area contributed by atoms with Crippen LogP contribution in [0.3, 0.4) is 0 Å². The van der Waals surface area contributed by atoms with E-state index in [0.717, 1.165) is 9.13 Å². The zero-order valence-electron chi connectivity index (χ0n) is 9.62. The number of benzene rings is 1. The predicted octanol–water partition coefficient (Wildman–Crippen LogP) is 3.24. The summed E-state index contributed by atoms with van der Waals surface area (Å²) in [6, 6.07) is 7.30. The van der Waals surface area contributed by atoms with Gasteiger partial charge < -0.3 is 4.52 Å². The fourth-order valence-electron chi connectivity index (χ4n) is 1.60. The molecule has 1 aromatic carbocycles. The third-order valence-corrected chi connectivity index (χ3v) is 3.28. The maximum atomic E-state index is 5.84. The van der Waals surface area contributed by atoms with E-state index in [1.165, 1.54) is 0 Å². The molecule has 0 aliphatic rings. The first kappa shape index (κ1) is 12.6. The maximum absolute atomic E-state index is 5.84. The van der Waals surface area contributed by atoms with Crippen LogP contribution in [0.25, 0.3) is 11.4 Å². The Morgan fingerprint density at radius 2 is 2.05 bits per heavy atom. The van der Waals surface area contributed by atoms with E-state index in [2.05, 4.69) is 37.8 Å². The molecular weight excluding hydrogens is 379 g/mol. The molecule has 0 atom stereocenters. The highest BCUT2D eigenvalue weighted by Crippen LogP contribution is 2.18. The molecule has 96 valence electrons. The molecule has 0 fully saturated rings. The molecule has 7 heteroatoms. The van der Waals surface area contributed by atoms with Gasteiger partial charge in [-0.15, -0.1) is 0 Å². The molecule has 2 aromatic heterocycles. The van der Waals surface area contributed by atoms with Gasteiger partial charge in [-0.3, -0.25) is 4.68 Å². The summed E-state index contributed by atoms with van der Waals surface area (Å²) in [5.41, 5.74) is 0.870. The van der Waals surface area contributed by atoms with Crippen molar-refractivity contribution in [1.29, 1.82) is 0 Å². The average molecular weight is 387 g/mol. The summed E-state index contributed by atoms with van der Waals surface area (Å²) >= 11 is 8.04. The van der Waals surface area contributed by atoms with Crippen LogP contribution in [-0.2, 0) is 6.54 Å². The number of aromatic nitrogens is 4. The predicted molar refractivity (Wildman–Crippen MR) is 78.8 cm³/mol. The van der Waals surface area contributed by atoms with Crippen molar-refractivity contribution < 1.29 is 4.52 Å². The molecule has 0 saturated heterocycles. The van der Waals surface area contributed by atoms with Crippen LogP contribution in [0.4, 0.5) is 0 Å². The highest BCUT2D eigenvalue weighted by atomic mass is 127. The van der Waals surface area contributed by atoms with Gasteiger partial charge in [-0.05, 0) is 46.9 Å². The van der Waals surface area contributed by atoms with Crippen molar-refractivity contribution in [1.82, 2.24) is 19.9 Å².